The predicted molar refractivity (Wildman–Crippen MR) is 61.4 cm³/mol. The third-order valence-corrected chi connectivity index (χ3v) is 2.31. The lowest BCUT2D eigenvalue weighted by Gasteiger charge is -2.16. The van der Waals surface area contributed by atoms with Gasteiger partial charge in [0.25, 0.3) is 0 Å². The van der Waals surface area contributed by atoms with Crippen molar-refractivity contribution in [1.29, 1.82) is 0 Å². The van der Waals surface area contributed by atoms with Crippen molar-refractivity contribution in [2.45, 2.75) is 13.0 Å². The van der Waals surface area contributed by atoms with Crippen molar-refractivity contribution < 1.29 is 0 Å². The van der Waals surface area contributed by atoms with E-state index in [2.05, 4.69) is 61.6 Å². The molecule has 0 aliphatic rings. The van der Waals surface area contributed by atoms with Gasteiger partial charge in [0.15, 0.2) is 0 Å². The maximum atomic E-state index is 3.49. The van der Waals surface area contributed by atoms with E-state index in [1.54, 1.807) is 0 Å². The Bertz CT molecular complexity index is 244. The summed E-state index contributed by atoms with van der Waals surface area (Å²) in [7, 11) is 4.18. The minimum atomic E-state index is 0.441. The molecule has 0 radical (unpaired) electrons. The average molecular weight is 192 g/mol. The van der Waals surface area contributed by atoms with Gasteiger partial charge in [0.2, 0.25) is 0 Å². The van der Waals surface area contributed by atoms with Crippen molar-refractivity contribution in [2.24, 2.45) is 0 Å². The molecule has 0 aromatic heterocycles. The Morgan fingerprint density at radius 3 is 2.43 bits per heavy atom. The number of hydrogen-bond donors (Lipinski definition) is 1. The zero-order valence-electron chi connectivity index (χ0n) is 9.33. The largest absolute Gasteiger partial charge is 0.309 e. The standard InChI is InChI=1S/C12H20N2/c1-11(13-9-10-14(2)3)12-7-5-4-6-8-12/h4-8,11,13H,9-10H2,1-3H3. The normalized spacial score (nSPS) is 13.1. The molecule has 0 saturated heterocycles. The van der Waals surface area contributed by atoms with Crippen LogP contribution in [-0.2, 0) is 0 Å². The van der Waals surface area contributed by atoms with Gasteiger partial charge in [-0.15, -0.1) is 0 Å². The van der Waals surface area contributed by atoms with Crippen LogP contribution in [0, 0.1) is 0 Å². The molecule has 0 bridgehead atoms. The molecule has 0 aliphatic carbocycles. The lowest BCUT2D eigenvalue weighted by Crippen LogP contribution is -2.28. The lowest BCUT2D eigenvalue weighted by atomic mass is 10.1. The van der Waals surface area contributed by atoms with Crippen molar-refractivity contribution in [3.8, 4) is 0 Å². The fourth-order valence-electron chi connectivity index (χ4n) is 1.36. The minimum absolute atomic E-state index is 0.441. The van der Waals surface area contributed by atoms with Gasteiger partial charge in [-0.3, -0.25) is 0 Å². The van der Waals surface area contributed by atoms with Crippen LogP contribution in [0.5, 0.6) is 0 Å². The van der Waals surface area contributed by atoms with Crippen molar-refractivity contribution in [3.05, 3.63) is 35.9 Å². The third-order valence-electron chi connectivity index (χ3n) is 2.31. The maximum Gasteiger partial charge on any atom is 0.0292 e. The van der Waals surface area contributed by atoms with Crippen LogP contribution in [0.2, 0.25) is 0 Å². The van der Waals surface area contributed by atoms with Gasteiger partial charge in [-0.25, -0.2) is 0 Å². The second-order valence-electron chi connectivity index (χ2n) is 3.89. The predicted octanol–water partition coefficient (Wildman–Crippen LogP) is 1.90. The van der Waals surface area contributed by atoms with Gasteiger partial charge in [0.05, 0.1) is 0 Å². The molecule has 0 fully saturated rings. The van der Waals surface area contributed by atoms with Crippen LogP contribution in [0.1, 0.15) is 18.5 Å². The smallest absolute Gasteiger partial charge is 0.0292 e. The summed E-state index contributed by atoms with van der Waals surface area (Å²) in [6, 6.07) is 11.0. The third kappa shape index (κ3) is 3.90. The van der Waals surface area contributed by atoms with Gasteiger partial charge < -0.3 is 10.2 Å². The molecule has 1 unspecified atom stereocenters. The number of benzene rings is 1. The molecule has 2 nitrogen and oxygen atoms in total. The van der Waals surface area contributed by atoms with E-state index < -0.39 is 0 Å². The number of hydrogen-bond acceptors (Lipinski definition) is 2. The van der Waals surface area contributed by atoms with Crippen LogP contribution in [0.3, 0.4) is 0 Å². The quantitative estimate of drug-likeness (QED) is 0.766. The van der Waals surface area contributed by atoms with E-state index in [-0.39, 0.29) is 0 Å². The van der Waals surface area contributed by atoms with Crippen LogP contribution in [0.25, 0.3) is 0 Å². The summed E-state index contributed by atoms with van der Waals surface area (Å²) in [5, 5.41) is 3.49. The second-order valence-corrected chi connectivity index (χ2v) is 3.89. The monoisotopic (exact) mass is 192 g/mol. The Hall–Kier alpha value is -0.860. The molecule has 14 heavy (non-hydrogen) atoms. The molecule has 1 aromatic rings. The fraction of sp³-hybridized carbons (Fsp3) is 0.500. The van der Waals surface area contributed by atoms with Gasteiger partial charge in [-0.05, 0) is 26.6 Å². The van der Waals surface area contributed by atoms with E-state index in [0.29, 0.717) is 6.04 Å². The highest BCUT2D eigenvalue weighted by molar-refractivity contribution is 5.17. The second kappa shape index (κ2) is 5.78. The Balaban J connectivity index is 2.32. The molecule has 78 valence electrons. The Morgan fingerprint density at radius 2 is 1.86 bits per heavy atom. The molecular formula is C12H20N2. The number of likely N-dealkylation sites (N-methyl/N-ethyl adjacent to an activating group) is 1. The Morgan fingerprint density at radius 1 is 1.21 bits per heavy atom. The molecule has 1 N–H and O–H groups in total. The zero-order chi connectivity index (χ0) is 10.4. The van der Waals surface area contributed by atoms with Gasteiger partial charge in [-0.1, -0.05) is 30.3 Å². The summed E-state index contributed by atoms with van der Waals surface area (Å²) in [4.78, 5) is 2.19. The van der Waals surface area contributed by atoms with E-state index >= 15 is 0 Å². The topological polar surface area (TPSA) is 15.3 Å². The molecule has 1 rings (SSSR count). The van der Waals surface area contributed by atoms with Gasteiger partial charge >= 0.3 is 0 Å². The molecular weight excluding hydrogens is 172 g/mol. The molecule has 2 heteroatoms. The number of nitrogens with zero attached hydrogens (tertiary/aromatic N) is 1. The molecule has 0 heterocycles. The zero-order valence-corrected chi connectivity index (χ0v) is 9.33. The highest BCUT2D eigenvalue weighted by atomic mass is 15.1. The number of rotatable bonds is 5. The van der Waals surface area contributed by atoms with E-state index in [4.69, 9.17) is 0 Å². The summed E-state index contributed by atoms with van der Waals surface area (Å²) < 4.78 is 0. The van der Waals surface area contributed by atoms with E-state index in [9.17, 15) is 0 Å². The van der Waals surface area contributed by atoms with E-state index in [1.165, 1.54) is 5.56 Å². The average Bonchev–Trinajstić information content (AvgIpc) is 2.18. The van der Waals surface area contributed by atoms with Crippen LogP contribution in [-0.4, -0.2) is 32.1 Å². The van der Waals surface area contributed by atoms with E-state index in [1.807, 2.05) is 0 Å². The van der Waals surface area contributed by atoms with Crippen LogP contribution in [0.4, 0.5) is 0 Å². The summed E-state index contributed by atoms with van der Waals surface area (Å²) in [6.45, 7) is 4.31. The Kier molecular flexibility index (Phi) is 4.63. The van der Waals surface area contributed by atoms with Gasteiger partial charge in [-0.2, -0.15) is 0 Å². The Labute approximate surface area is 86.9 Å². The molecule has 1 atom stereocenters. The fourth-order valence-corrected chi connectivity index (χ4v) is 1.36. The summed E-state index contributed by atoms with van der Waals surface area (Å²) >= 11 is 0. The molecule has 1 aromatic carbocycles. The highest BCUT2D eigenvalue weighted by Crippen LogP contribution is 2.10. The first kappa shape index (κ1) is 11.2. The van der Waals surface area contributed by atoms with Gasteiger partial charge in [0.1, 0.15) is 0 Å². The highest BCUT2D eigenvalue weighted by Gasteiger charge is 2.02. The molecule has 0 spiro atoms. The van der Waals surface area contributed by atoms with Crippen LogP contribution in [0.15, 0.2) is 30.3 Å². The maximum absolute atomic E-state index is 3.49. The summed E-state index contributed by atoms with van der Waals surface area (Å²) in [6.07, 6.45) is 0. The SMILES string of the molecule is CC(NCCN(C)C)c1ccccc1. The van der Waals surface area contributed by atoms with Crippen molar-refractivity contribution >= 4 is 0 Å². The lowest BCUT2D eigenvalue weighted by molar-refractivity contribution is 0.389. The van der Waals surface area contributed by atoms with Crippen LogP contribution < -0.4 is 5.32 Å². The molecule has 0 aliphatic heterocycles. The summed E-state index contributed by atoms with van der Waals surface area (Å²) in [5.41, 5.74) is 1.35. The van der Waals surface area contributed by atoms with Crippen molar-refractivity contribution in [3.63, 3.8) is 0 Å². The van der Waals surface area contributed by atoms with E-state index in [0.717, 1.165) is 13.1 Å². The van der Waals surface area contributed by atoms with Crippen molar-refractivity contribution in [1.82, 2.24) is 10.2 Å². The van der Waals surface area contributed by atoms with Crippen molar-refractivity contribution in [2.75, 3.05) is 27.2 Å². The minimum Gasteiger partial charge on any atom is -0.309 e. The first-order valence-electron chi connectivity index (χ1n) is 5.13. The first-order chi connectivity index (χ1) is 6.70. The summed E-state index contributed by atoms with van der Waals surface area (Å²) in [5.74, 6) is 0. The molecule has 0 saturated carbocycles. The van der Waals surface area contributed by atoms with Gasteiger partial charge in [0, 0.05) is 19.1 Å². The number of nitrogens with one attached hydrogen (secondary N) is 1. The molecule has 0 amide bonds. The van der Waals surface area contributed by atoms with Crippen LogP contribution >= 0.6 is 0 Å². The first-order valence-corrected chi connectivity index (χ1v) is 5.13.